The fourth-order valence-corrected chi connectivity index (χ4v) is 5.88. The number of hydrogen-bond donors (Lipinski definition) is 0. The maximum atomic E-state index is 14.7. The number of piperidine rings is 2. The molecule has 1 saturated carbocycles. The standard InChI is InChI=1S/C29H39FN4O2/c1-20-5-10-33(11-6-20)28(35)16-24-3-4-25(17-27(24)30)36-14-9-23-15-26(23)22-7-12-34(13-8-22)29-31-18-21(2)19-32-29/h3-4,17-20,22-23,26H,5-16H2,1-2H3/t23-,26-/m1/s1. The van der Waals surface area contributed by atoms with Crippen molar-refractivity contribution in [1.29, 1.82) is 0 Å². The van der Waals surface area contributed by atoms with Gasteiger partial charge >= 0.3 is 0 Å². The number of carbonyl (C=O) groups is 1. The number of halogens is 1. The number of anilines is 1. The molecular formula is C29H39FN4O2. The summed E-state index contributed by atoms with van der Waals surface area (Å²) in [5.41, 5.74) is 1.55. The Hall–Kier alpha value is -2.70. The minimum absolute atomic E-state index is 0.0199. The Labute approximate surface area is 214 Å². The van der Waals surface area contributed by atoms with Crippen LogP contribution in [0, 0.1) is 36.4 Å². The fraction of sp³-hybridized carbons (Fsp3) is 0.621. The van der Waals surface area contributed by atoms with Gasteiger partial charge in [-0.3, -0.25) is 4.79 Å². The molecule has 0 bridgehead atoms. The van der Waals surface area contributed by atoms with E-state index < -0.39 is 0 Å². The first kappa shape index (κ1) is 25.0. The Morgan fingerprint density at radius 3 is 2.50 bits per heavy atom. The molecule has 1 aliphatic carbocycles. The number of ether oxygens (including phenoxy) is 1. The van der Waals surface area contributed by atoms with Crippen molar-refractivity contribution in [3.63, 3.8) is 0 Å². The van der Waals surface area contributed by atoms with Gasteiger partial charge in [0.15, 0.2) is 0 Å². The molecule has 2 saturated heterocycles. The largest absolute Gasteiger partial charge is 0.493 e. The lowest BCUT2D eigenvalue weighted by Crippen LogP contribution is -2.38. The van der Waals surface area contributed by atoms with Gasteiger partial charge in [-0.15, -0.1) is 0 Å². The van der Waals surface area contributed by atoms with Crippen LogP contribution in [0.4, 0.5) is 10.3 Å². The molecule has 0 radical (unpaired) electrons. The van der Waals surface area contributed by atoms with Gasteiger partial charge in [-0.2, -0.15) is 0 Å². The van der Waals surface area contributed by atoms with Crippen LogP contribution in [0.3, 0.4) is 0 Å². The Kier molecular flexibility index (Phi) is 7.73. The van der Waals surface area contributed by atoms with E-state index in [4.69, 9.17) is 4.74 Å². The Morgan fingerprint density at radius 2 is 1.81 bits per heavy atom. The Balaban J connectivity index is 1.02. The van der Waals surface area contributed by atoms with Crippen molar-refractivity contribution in [1.82, 2.24) is 14.9 Å². The summed E-state index contributed by atoms with van der Waals surface area (Å²) >= 11 is 0. The minimum atomic E-state index is -0.347. The van der Waals surface area contributed by atoms with Crippen molar-refractivity contribution in [3.05, 3.63) is 47.5 Å². The summed E-state index contributed by atoms with van der Waals surface area (Å²) in [7, 11) is 0. The number of hydrogen-bond acceptors (Lipinski definition) is 5. The fourth-order valence-electron chi connectivity index (χ4n) is 5.88. The van der Waals surface area contributed by atoms with E-state index in [0.29, 0.717) is 29.8 Å². The van der Waals surface area contributed by atoms with E-state index in [2.05, 4.69) is 21.8 Å². The third-order valence-corrected chi connectivity index (χ3v) is 8.43. The van der Waals surface area contributed by atoms with Crippen molar-refractivity contribution >= 4 is 11.9 Å². The van der Waals surface area contributed by atoms with Crippen LogP contribution in [0.1, 0.15) is 56.6 Å². The maximum absolute atomic E-state index is 14.7. The van der Waals surface area contributed by atoms with E-state index in [9.17, 15) is 9.18 Å². The molecule has 6 nitrogen and oxygen atoms in total. The van der Waals surface area contributed by atoms with Gasteiger partial charge in [-0.1, -0.05) is 13.0 Å². The summed E-state index contributed by atoms with van der Waals surface area (Å²) in [6, 6.07) is 4.95. The lowest BCUT2D eigenvalue weighted by molar-refractivity contribution is -0.131. The second kappa shape index (κ2) is 11.1. The maximum Gasteiger partial charge on any atom is 0.227 e. The summed E-state index contributed by atoms with van der Waals surface area (Å²) < 4.78 is 20.5. The van der Waals surface area contributed by atoms with E-state index in [1.54, 1.807) is 12.1 Å². The van der Waals surface area contributed by atoms with E-state index in [0.717, 1.165) is 68.8 Å². The van der Waals surface area contributed by atoms with E-state index in [-0.39, 0.29) is 18.1 Å². The van der Waals surface area contributed by atoms with Crippen LogP contribution in [0.25, 0.3) is 0 Å². The van der Waals surface area contributed by atoms with Crippen LogP contribution in [-0.4, -0.2) is 53.6 Å². The predicted molar refractivity (Wildman–Crippen MR) is 138 cm³/mol. The molecule has 2 aliphatic heterocycles. The van der Waals surface area contributed by atoms with Gasteiger partial charge in [-0.25, -0.2) is 14.4 Å². The zero-order valence-electron chi connectivity index (χ0n) is 21.7. The van der Waals surface area contributed by atoms with Crippen molar-refractivity contribution < 1.29 is 13.9 Å². The molecule has 0 spiro atoms. The zero-order chi connectivity index (χ0) is 25.1. The number of benzene rings is 1. The smallest absolute Gasteiger partial charge is 0.227 e. The van der Waals surface area contributed by atoms with Crippen LogP contribution in [-0.2, 0) is 11.2 Å². The molecule has 194 valence electrons. The highest BCUT2D eigenvalue weighted by atomic mass is 19.1. The van der Waals surface area contributed by atoms with Crippen molar-refractivity contribution in [2.75, 3.05) is 37.7 Å². The third kappa shape index (κ3) is 6.16. The molecule has 2 aromatic rings. The summed E-state index contributed by atoms with van der Waals surface area (Å²) in [6.07, 6.45) is 10.7. The molecule has 3 heterocycles. The monoisotopic (exact) mass is 494 g/mol. The van der Waals surface area contributed by atoms with Gasteiger partial charge in [0.25, 0.3) is 0 Å². The summed E-state index contributed by atoms with van der Waals surface area (Å²) in [5.74, 6) is 4.02. The molecule has 0 N–H and O–H groups in total. The number of rotatable bonds is 8. The van der Waals surface area contributed by atoms with E-state index >= 15 is 0 Å². The van der Waals surface area contributed by atoms with Crippen LogP contribution < -0.4 is 9.64 Å². The van der Waals surface area contributed by atoms with Gasteiger partial charge in [-0.05, 0) is 86.3 Å². The average Bonchev–Trinajstić information content (AvgIpc) is 3.66. The van der Waals surface area contributed by atoms with Gasteiger partial charge in [0, 0.05) is 44.6 Å². The summed E-state index contributed by atoms with van der Waals surface area (Å²) in [5, 5.41) is 0. The molecule has 7 heteroatoms. The molecule has 2 atom stereocenters. The zero-order valence-corrected chi connectivity index (χ0v) is 21.7. The highest BCUT2D eigenvalue weighted by molar-refractivity contribution is 5.79. The topological polar surface area (TPSA) is 58.6 Å². The first-order chi connectivity index (χ1) is 17.5. The molecular weight excluding hydrogens is 455 g/mol. The van der Waals surface area contributed by atoms with Crippen LogP contribution >= 0.6 is 0 Å². The Morgan fingerprint density at radius 1 is 1.08 bits per heavy atom. The van der Waals surface area contributed by atoms with Gasteiger partial charge in [0.1, 0.15) is 11.6 Å². The molecule has 36 heavy (non-hydrogen) atoms. The molecule has 0 unspecified atom stereocenters. The molecule has 3 aliphatic rings. The highest BCUT2D eigenvalue weighted by Crippen LogP contribution is 2.49. The van der Waals surface area contributed by atoms with Crippen molar-refractivity contribution in [2.45, 2.75) is 58.8 Å². The van der Waals surface area contributed by atoms with Crippen LogP contribution in [0.5, 0.6) is 5.75 Å². The number of amides is 1. The molecule has 1 amide bonds. The highest BCUT2D eigenvalue weighted by Gasteiger charge is 2.43. The molecule has 5 rings (SSSR count). The normalized spacial score (nSPS) is 23.1. The quantitative estimate of drug-likeness (QED) is 0.514. The Bertz CT molecular complexity index is 1030. The summed E-state index contributed by atoms with van der Waals surface area (Å²) in [4.78, 5) is 25.7. The average molecular weight is 495 g/mol. The van der Waals surface area contributed by atoms with Crippen molar-refractivity contribution in [3.8, 4) is 5.75 Å². The number of aromatic nitrogens is 2. The van der Waals surface area contributed by atoms with Gasteiger partial charge in [0.05, 0.1) is 13.0 Å². The van der Waals surface area contributed by atoms with Gasteiger partial charge < -0.3 is 14.5 Å². The SMILES string of the molecule is Cc1cnc(N2CCC([C@H]3C[C@H]3CCOc3ccc(CC(=O)N4CCC(C)CC4)c(F)c3)CC2)nc1. The van der Waals surface area contributed by atoms with E-state index in [1.807, 2.05) is 24.2 Å². The van der Waals surface area contributed by atoms with E-state index in [1.165, 1.54) is 25.3 Å². The summed E-state index contributed by atoms with van der Waals surface area (Å²) in [6.45, 7) is 8.46. The predicted octanol–water partition coefficient (Wildman–Crippen LogP) is 5.05. The van der Waals surface area contributed by atoms with Crippen molar-refractivity contribution in [2.24, 2.45) is 23.7 Å². The lowest BCUT2D eigenvalue weighted by Gasteiger charge is -2.32. The molecule has 1 aromatic heterocycles. The second-order valence-corrected chi connectivity index (χ2v) is 11.2. The molecule has 1 aromatic carbocycles. The van der Waals surface area contributed by atoms with Crippen LogP contribution in [0.2, 0.25) is 0 Å². The third-order valence-electron chi connectivity index (χ3n) is 8.43. The number of aryl methyl sites for hydroxylation is 1. The van der Waals surface area contributed by atoms with Crippen LogP contribution in [0.15, 0.2) is 30.6 Å². The minimum Gasteiger partial charge on any atom is -0.493 e. The number of likely N-dealkylation sites (tertiary alicyclic amines) is 1. The lowest BCUT2D eigenvalue weighted by atomic mass is 9.90. The molecule has 3 fully saturated rings. The second-order valence-electron chi connectivity index (χ2n) is 11.2. The first-order valence-corrected chi connectivity index (χ1v) is 13.7. The van der Waals surface area contributed by atoms with Gasteiger partial charge in [0.2, 0.25) is 11.9 Å². The first-order valence-electron chi connectivity index (χ1n) is 13.7. The number of carbonyl (C=O) groups excluding carboxylic acids is 1. The number of nitrogens with zero attached hydrogens (tertiary/aromatic N) is 4.